The van der Waals surface area contributed by atoms with Crippen molar-refractivity contribution in [3.63, 3.8) is 0 Å². The molecule has 2 aromatic carbocycles. The fourth-order valence-electron chi connectivity index (χ4n) is 3.53. The maximum absolute atomic E-state index is 13.0. The van der Waals surface area contributed by atoms with Crippen molar-refractivity contribution in [2.75, 3.05) is 0 Å². The Hall–Kier alpha value is -2.18. The Kier molecular flexibility index (Phi) is 3.89. The lowest BCUT2D eigenvalue weighted by Crippen LogP contribution is -2.38. The molecule has 0 saturated heterocycles. The molecule has 0 radical (unpaired) electrons. The first-order valence-electron chi connectivity index (χ1n) is 8.30. The summed E-state index contributed by atoms with van der Waals surface area (Å²) in [5.41, 5.74) is 4.66. The van der Waals surface area contributed by atoms with E-state index in [1.807, 2.05) is 0 Å². The topological polar surface area (TPSA) is 62.0 Å². The van der Waals surface area contributed by atoms with Gasteiger partial charge in [0.1, 0.15) is 5.82 Å². The average molecular weight is 358 g/mol. The van der Waals surface area contributed by atoms with E-state index in [2.05, 4.69) is 34.8 Å². The molecule has 1 heterocycles. The number of hydrogen-bond donors (Lipinski definition) is 2. The van der Waals surface area contributed by atoms with Gasteiger partial charge >= 0.3 is 0 Å². The molecule has 1 atom stereocenters. The summed E-state index contributed by atoms with van der Waals surface area (Å²) in [6.45, 7) is 2.05. The van der Waals surface area contributed by atoms with Crippen LogP contribution in [0.1, 0.15) is 23.2 Å². The summed E-state index contributed by atoms with van der Waals surface area (Å²) >= 11 is 0. The first kappa shape index (κ1) is 16.3. The van der Waals surface area contributed by atoms with Crippen LogP contribution in [0.3, 0.4) is 0 Å². The zero-order valence-electron chi connectivity index (χ0n) is 13.8. The highest BCUT2D eigenvalue weighted by Gasteiger charge is 2.26. The van der Waals surface area contributed by atoms with Crippen LogP contribution in [-0.4, -0.2) is 19.4 Å². The minimum Gasteiger partial charge on any atom is -0.358 e. The maximum Gasteiger partial charge on any atom is 0.240 e. The summed E-state index contributed by atoms with van der Waals surface area (Å²) in [6.07, 6.45) is 2.19. The second-order valence-corrected chi connectivity index (χ2v) is 8.36. The predicted octanol–water partition coefficient (Wildman–Crippen LogP) is 3.45. The Labute approximate surface area is 146 Å². The third-order valence-electron chi connectivity index (χ3n) is 4.79. The molecule has 1 aliphatic carbocycles. The Balaban J connectivity index is 1.61. The van der Waals surface area contributed by atoms with E-state index in [9.17, 15) is 12.8 Å². The van der Waals surface area contributed by atoms with Crippen LogP contribution in [0.15, 0.2) is 47.4 Å². The SMILES string of the molecule is Cc1ccc2[nH]c3c(c2c1)CC(NS(=O)(=O)c1ccc(F)cc1)CC3. The Morgan fingerprint density at radius 1 is 1.16 bits per heavy atom. The van der Waals surface area contributed by atoms with Crippen LogP contribution in [0.5, 0.6) is 0 Å². The van der Waals surface area contributed by atoms with E-state index in [1.165, 1.54) is 34.3 Å². The molecule has 1 aliphatic rings. The first-order chi connectivity index (χ1) is 11.9. The number of nitrogens with one attached hydrogen (secondary N) is 2. The molecular weight excluding hydrogens is 339 g/mol. The van der Waals surface area contributed by atoms with E-state index >= 15 is 0 Å². The van der Waals surface area contributed by atoms with Gasteiger partial charge in [0, 0.05) is 22.6 Å². The van der Waals surface area contributed by atoms with Gasteiger partial charge < -0.3 is 4.98 Å². The van der Waals surface area contributed by atoms with Crippen molar-refractivity contribution in [1.82, 2.24) is 9.71 Å². The number of aryl methyl sites for hydroxylation is 2. The van der Waals surface area contributed by atoms with E-state index < -0.39 is 15.8 Å². The summed E-state index contributed by atoms with van der Waals surface area (Å²) in [6, 6.07) is 11.0. The minimum atomic E-state index is -3.65. The van der Waals surface area contributed by atoms with Crippen molar-refractivity contribution in [2.45, 2.75) is 37.1 Å². The molecule has 0 amide bonds. The van der Waals surface area contributed by atoms with Gasteiger partial charge in [0.25, 0.3) is 0 Å². The van der Waals surface area contributed by atoms with E-state index in [-0.39, 0.29) is 10.9 Å². The fraction of sp³-hybridized carbons (Fsp3) is 0.263. The molecule has 25 heavy (non-hydrogen) atoms. The lowest BCUT2D eigenvalue weighted by atomic mass is 9.92. The lowest BCUT2D eigenvalue weighted by molar-refractivity contribution is 0.506. The number of sulfonamides is 1. The number of rotatable bonds is 3. The summed E-state index contributed by atoms with van der Waals surface area (Å²) in [7, 11) is -3.65. The molecule has 0 spiro atoms. The standard InChI is InChI=1S/C19H19FN2O2S/c1-12-2-8-18-16(10-12)17-11-14(5-9-19(17)21-18)22-25(23,24)15-6-3-13(20)4-7-15/h2-4,6-8,10,14,21-22H,5,9,11H2,1H3. The van der Waals surface area contributed by atoms with Gasteiger partial charge in [0.2, 0.25) is 10.0 Å². The molecule has 0 saturated carbocycles. The van der Waals surface area contributed by atoms with E-state index in [0.717, 1.165) is 30.5 Å². The number of benzene rings is 2. The zero-order valence-corrected chi connectivity index (χ0v) is 14.7. The van der Waals surface area contributed by atoms with E-state index in [1.54, 1.807) is 0 Å². The maximum atomic E-state index is 13.0. The van der Waals surface area contributed by atoms with E-state index in [0.29, 0.717) is 6.42 Å². The van der Waals surface area contributed by atoms with Crippen molar-refractivity contribution >= 4 is 20.9 Å². The van der Waals surface area contributed by atoms with Crippen LogP contribution in [-0.2, 0) is 22.9 Å². The number of H-pyrrole nitrogens is 1. The van der Waals surface area contributed by atoms with Crippen LogP contribution in [0.4, 0.5) is 4.39 Å². The zero-order chi connectivity index (χ0) is 17.6. The number of halogens is 1. The van der Waals surface area contributed by atoms with Crippen LogP contribution in [0.25, 0.3) is 10.9 Å². The molecule has 0 bridgehead atoms. The second-order valence-electron chi connectivity index (χ2n) is 6.65. The lowest BCUT2D eigenvalue weighted by Gasteiger charge is -2.23. The highest BCUT2D eigenvalue weighted by molar-refractivity contribution is 7.89. The van der Waals surface area contributed by atoms with Gasteiger partial charge in [-0.25, -0.2) is 17.5 Å². The van der Waals surface area contributed by atoms with Gasteiger partial charge in [-0.3, -0.25) is 0 Å². The summed E-state index contributed by atoms with van der Waals surface area (Å²) < 4.78 is 40.9. The van der Waals surface area contributed by atoms with Gasteiger partial charge in [-0.2, -0.15) is 0 Å². The Morgan fingerprint density at radius 3 is 2.68 bits per heavy atom. The van der Waals surface area contributed by atoms with Gasteiger partial charge in [-0.1, -0.05) is 11.6 Å². The highest BCUT2D eigenvalue weighted by atomic mass is 32.2. The largest absolute Gasteiger partial charge is 0.358 e. The number of hydrogen-bond acceptors (Lipinski definition) is 2. The first-order valence-corrected chi connectivity index (χ1v) is 9.79. The van der Waals surface area contributed by atoms with Crippen molar-refractivity contribution in [1.29, 1.82) is 0 Å². The number of fused-ring (bicyclic) bond motifs is 3. The number of aromatic nitrogens is 1. The molecule has 0 fully saturated rings. The van der Waals surface area contributed by atoms with Crippen molar-refractivity contribution < 1.29 is 12.8 Å². The molecule has 130 valence electrons. The van der Waals surface area contributed by atoms with Gasteiger partial charge in [-0.15, -0.1) is 0 Å². The molecule has 1 unspecified atom stereocenters. The number of aromatic amines is 1. The van der Waals surface area contributed by atoms with Crippen molar-refractivity contribution in [2.24, 2.45) is 0 Å². The normalized spacial score (nSPS) is 17.6. The molecule has 4 rings (SSSR count). The van der Waals surface area contributed by atoms with E-state index in [4.69, 9.17) is 0 Å². The van der Waals surface area contributed by atoms with Crippen molar-refractivity contribution in [3.8, 4) is 0 Å². The fourth-order valence-corrected chi connectivity index (χ4v) is 4.80. The summed E-state index contributed by atoms with van der Waals surface area (Å²) in [5, 5.41) is 1.17. The smallest absolute Gasteiger partial charge is 0.240 e. The summed E-state index contributed by atoms with van der Waals surface area (Å²) in [4.78, 5) is 3.54. The Bertz CT molecular complexity index is 1040. The predicted molar refractivity (Wildman–Crippen MR) is 95.6 cm³/mol. The quantitative estimate of drug-likeness (QED) is 0.753. The van der Waals surface area contributed by atoms with Crippen molar-refractivity contribution in [3.05, 3.63) is 65.1 Å². The van der Waals surface area contributed by atoms with Gasteiger partial charge in [0.15, 0.2) is 0 Å². The molecule has 6 heteroatoms. The average Bonchev–Trinajstić information content (AvgIpc) is 2.92. The van der Waals surface area contributed by atoms with Crippen LogP contribution in [0.2, 0.25) is 0 Å². The Morgan fingerprint density at radius 2 is 1.92 bits per heavy atom. The molecule has 2 N–H and O–H groups in total. The van der Waals surface area contributed by atoms with Crippen LogP contribution in [0, 0.1) is 12.7 Å². The highest BCUT2D eigenvalue weighted by Crippen LogP contribution is 2.30. The molecule has 4 nitrogen and oxygen atoms in total. The third-order valence-corrected chi connectivity index (χ3v) is 6.33. The van der Waals surface area contributed by atoms with Gasteiger partial charge in [-0.05, 0) is 68.1 Å². The molecule has 1 aromatic heterocycles. The minimum absolute atomic E-state index is 0.0921. The van der Waals surface area contributed by atoms with Crippen LogP contribution < -0.4 is 4.72 Å². The molecule has 0 aliphatic heterocycles. The van der Waals surface area contributed by atoms with Gasteiger partial charge in [0.05, 0.1) is 4.90 Å². The monoisotopic (exact) mass is 358 g/mol. The molecule has 3 aromatic rings. The third kappa shape index (κ3) is 3.07. The second kappa shape index (κ2) is 5.97. The summed E-state index contributed by atoms with van der Waals surface area (Å²) in [5.74, 6) is -0.449. The molecular formula is C19H19FN2O2S. The van der Waals surface area contributed by atoms with Crippen LogP contribution >= 0.6 is 0 Å².